The van der Waals surface area contributed by atoms with Crippen LogP contribution in [0, 0.1) is 18.8 Å². The van der Waals surface area contributed by atoms with E-state index in [1.807, 2.05) is 52.0 Å². The van der Waals surface area contributed by atoms with Crippen molar-refractivity contribution < 1.29 is 4.79 Å². The predicted molar refractivity (Wildman–Crippen MR) is 166 cm³/mol. The second-order valence-corrected chi connectivity index (χ2v) is 10.6. The van der Waals surface area contributed by atoms with Gasteiger partial charge in [-0.1, -0.05) is 112 Å². The van der Waals surface area contributed by atoms with Crippen molar-refractivity contribution in [1.82, 2.24) is 15.1 Å². The number of nitrogens with zero attached hydrogens (tertiary/aromatic N) is 2. The second-order valence-electron chi connectivity index (χ2n) is 10.6. The third-order valence-corrected chi connectivity index (χ3v) is 7.04. The molecular formula is C35H47N3O. The van der Waals surface area contributed by atoms with E-state index in [2.05, 4.69) is 76.6 Å². The van der Waals surface area contributed by atoms with E-state index in [0.29, 0.717) is 11.7 Å². The van der Waals surface area contributed by atoms with E-state index >= 15 is 0 Å². The van der Waals surface area contributed by atoms with E-state index in [9.17, 15) is 4.79 Å². The molecule has 0 amide bonds. The van der Waals surface area contributed by atoms with Gasteiger partial charge in [0.15, 0.2) is 0 Å². The molecule has 0 spiro atoms. The van der Waals surface area contributed by atoms with Crippen LogP contribution in [0.2, 0.25) is 0 Å². The fraction of sp³-hybridized carbons (Fsp3) is 0.429. The molecule has 0 atom stereocenters. The van der Waals surface area contributed by atoms with Crippen LogP contribution in [-0.2, 0) is 11.3 Å². The molecule has 1 N–H and O–H groups in total. The lowest BCUT2D eigenvalue weighted by atomic mass is 10.0. The SMILES string of the molecule is CC.CC(C)C(=O)C1CC1.Cc1ccccc1.c1ccc2c(-c3ccc(CN4CCCCC4)cc3)n[nH]c2c1. The zero-order valence-electron chi connectivity index (χ0n) is 24.6. The fourth-order valence-corrected chi connectivity index (χ4v) is 4.70. The van der Waals surface area contributed by atoms with E-state index in [-0.39, 0.29) is 5.92 Å². The summed E-state index contributed by atoms with van der Waals surface area (Å²) in [6.45, 7) is 13.6. The molecule has 2 heterocycles. The summed E-state index contributed by atoms with van der Waals surface area (Å²) in [6, 6.07) is 27.4. The van der Waals surface area contributed by atoms with Crippen LogP contribution in [0.1, 0.15) is 70.9 Å². The molecule has 6 rings (SSSR count). The highest BCUT2D eigenvalue weighted by atomic mass is 16.1. The normalized spacial score (nSPS) is 14.8. The first-order valence-corrected chi connectivity index (χ1v) is 14.8. The number of likely N-dealkylation sites (tertiary alicyclic amines) is 1. The van der Waals surface area contributed by atoms with Gasteiger partial charge in [0.25, 0.3) is 0 Å². The van der Waals surface area contributed by atoms with Crippen LogP contribution in [0.5, 0.6) is 0 Å². The Morgan fingerprint density at radius 3 is 2.03 bits per heavy atom. The van der Waals surface area contributed by atoms with E-state index < -0.39 is 0 Å². The van der Waals surface area contributed by atoms with Crippen LogP contribution in [0.25, 0.3) is 22.2 Å². The molecule has 3 aromatic carbocycles. The lowest BCUT2D eigenvalue weighted by Crippen LogP contribution is -2.28. The number of hydrogen-bond acceptors (Lipinski definition) is 3. The maximum Gasteiger partial charge on any atom is 0.138 e. The second kappa shape index (κ2) is 16.0. The number of piperidine rings is 1. The predicted octanol–water partition coefficient (Wildman–Crippen LogP) is 8.86. The summed E-state index contributed by atoms with van der Waals surface area (Å²) in [6.07, 6.45) is 6.38. The summed E-state index contributed by atoms with van der Waals surface area (Å²) in [7, 11) is 0. The van der Waals surface area contributed by atoms with Gasteiger partial charge < -0.3 is 0 Å². The summed E-state index contributed by atoms with van der Waals surface area (Å²) in [5.74, 6) is 1.18. The molecule has 1 saturated heterocycles. The molecule has 1 aliphatic heterocycles. The maximum absolute atomic E-state index is 10.9. The van der Waals surface area contributed by atoms with Crippen LogP contribution in [0.4, 0.5) is 0 Å². The summed E-state index contributed by atoms with van der Waals surface area (Å²) >= 11 is 0. The number of aromatic amines is 1. The monoisotopic (exact) mass is 525 g/mol. The minimum atomic E-state index is 0.266. The molecule has 208 valence electrons. The Labute approximate surface area is 235 Å². The molecule has 2 fully saturated rings. The van der Waals surface area contributed by atoms with E-state index in [1.165, 1.54) is 54.4 Å². The van der Waals surface area contributed by atoms with Gasteiger partial charge in [-0.2, -0.15) is 5.10 Å². The first-order valence-electron chi connectivity index (χ1n) is 14.8. The summed E-state index contributed by atoms with van der Waals surface area (Å²) in [5, 5.41) is 8.77. The Bertz CT molecular complexity index is 1230. The number of nitrogens with one attached hydrogen (secondary N) is 1. The van der Waals surface area contributed by atoms with Crippen molar-refractivity contribution in [3.63, 3.8) is 0 Å². The number of aromatic nitrogens is 2. The smallest absolute Gasteiger partial charge is 0.138 e. The standard InChI is InChI=1S/C19H21N3.C7H12O.C7H8.C2H6/c1-4-12-22(13-5-1)14-15-8-10-16(11-9-15)19-17-6-2-3-7-18(17)20-21-19;1-5(2)7(8)6-3-4-6;1-7-5-3-2-4-6-7;1-2/h2-3,6-11H,1,4-5,12-14H2,(H,20,21);5-6H,3-4H2,1-2H3;2-6H,1H3;1-2H3. The van der Waals surface area contributed by atoms with Gasteiger partial charge in [0, 0.05) is 29.3 Å². The largest absolute Gasteiger partial charge is 0.299 e. The first kappa shape index (κ1) is 30.3. The van der Waals surface area contributed by atoms with Gasteiger partial charge in [0.05, 0.1) is 11.2 Å². The Morgan fingerprint density at radius 2 is 1.49 bits per heavy atom. The quantitative estimate of drug-likeness (QED) is 0.283. The molecule has 1 aromatic heterocycles. The number of ketones is 1. The Balaban J connectivity index is 0.000000202. The summed E-state index contributed by atoms with van der Waals surface area (Å²) < 4.78 is 0. The Hall–Kier alpha value is -3.24. The number of aryl methyl sites for hydroxylation is 1. The molecule has 0 unspecified atom stereocenters. The molecule has 2 aliphatic rings. The molecule has 0 bridgehead atoms. The van der Waals surface area contributed by atoms with Gasteiger partial charge in [-0.3, -0.25) is 14.8 Å². The summed E-state index contributed by atoms with van der Waals surface area (Å²) in [5.41, 5.74) is 6.03. The first-order chi connectivity index (χ1) is 19.0. The van der Waals surface area contributed by atoms with E-state index in [4.69, 9.17) is 0 Å². The number of Topliss-reactive ketones (excluding diaryl/α,β-unsaturated/α-hetero) is 1. The van der Waals surface area contributed by atoms with Crippen LogP contribution < -0.4 is 0 Å². The third kappa shape index (κ3) is 9.78. The van der Waals surface area contributed by atoms with E-state index in [0.717, 1.165) is 30.6 Å². The molecule has 4 nitrogen and oxygen atoms in total. The number of H-pyrrole nitrogens is 1. The van der Waals surface area contributed by atoms with Crippen molar-refractivity contribution in [1.29, 1.82) is 0 Å². The van der Waals surface area contributed by atoms with Crippen LogP contribution in [0.15, 0.2) is 78.9 Å². The van der Waals surface area contributed by atoms with Crippen molar-refractivity contribution in [2.24, 2.45) is 11.8 Å². The van der Waals surface area contributed by atoms with Gasteiger partial charge in [-0.15, -0.1) is 0 Å². The van der Waals surface area contributed by atoms with Gasteiger partial charge in [0.2, 0.25) is 0 Å². The lowest BCUT2D eigenvalue weighted by Gasteiger charge is -2.26. The van der Waals surface area contributed by atoms with Crippen LogP contribution >= 0.6 is 0 Å². The number of carbonyl (C=O) groups is 1. The highest BCUT2D eigenvalue weighted by Gasteiger charge is 2.30. The zero-order valence-corrected chi connectivity index (χ0v) is 24.6. The number of rotatable bonds is 5. The van der Waals surface area contributed by atoms with Gasteiger partial charge >= 0.3 is 0 Å². The van der Waals surface area contributed by atoms with Crippen LogP contribution in [-0.4, -0.2) is 34.0 Å². The summed E-state index contributed by atoms with van der Waals surface area (Å²) in [4.78, 5) is 13.5. The van der Waals surface area contributed by atoms with Crippen molar-refractivity contribution in [2.75, 3.05) is 13.1 Å². The molecule has 1 aliphatic carbocycles. The van der Waals surface area contributed by atoms with Crippen molar-refractivity contribution >= 4 is 16.7 Å². The van der Waals surface area contributed by atoms with Gasteiger partial charge in [-0.05, 0) is 57.3 Å². The number of para-hydroxylation sites is 1. The fourth-order valence-electron chi connectivity index (χ4n) is 4.70. The Kier molecular flexibility index (Phi) is 12.4. The number of benzene rings is 3. The highest BCUT2D eigenvalue weighted by Crippen LogP contribution is 2.32. The van der Waals surface area contributed by atoms with E-state index in [1.54, 1.807) is 0 Å². The minimum Gasteiger partial charge on any atom is -0.299 e. The molecule has 0 radical (unpaired) electrons. The molecule has 4 heteroatoms. The van der Waals surface area contributed by atoms with Gasteiger partial charge in [0.1, 0.15) is 5.78 Å². The zero-order chi connectivity index (χ0) is 28.0. The lowest BCUT2D eigenvalue weighted by molar-refractivity contribution is -0.123. The average molecular weight is 526 g/mol. The maximum atomic E-state index is 10.9. The third-order valence-electron chi connectivity index (χ3n) is 7.04. The van der Waals surface area contributed by atoms with Gasteiger partial charge in [-0.25, -0.2) is 0 Å². The van der Waals surface area contributed by atoms with Crippen molar-refractivity contribution in [3.05, 3.63) is 90.0 Å². The Morgan fingerprint density at radius 1 is 0.872 bits per heavy atom. The molecule has 4 aromatic rings. The van der Waals surface area contributed by atoms with Crippen molar-refractivity contribution in [3.8, 4) is 11.3 Å². The van der Waals surface area contributed by atoms with Crippen molar-refractivity contribution in [2.45, 2.75) is 73.3 Å². The molecule has 1 saturated carbocycles. The number of fused-ring (bicyclic) bond motifs is 1. The minimum absolute atomic E-state index is 0.266. The van der Waals surface area contributed by atoms with Crippen LogP contribution in [0.3, 0.4) is 0 Å². The topological polar surface area (TPSA) is 49.0 Å². The molecular weight excluding hydrogens is 478 g/mol. The molecule has 39 heavy (non-hydrogen) atoms. The number of carbonyl (C=O) groups excluding carboxylic acids is 1. The highest BCUT2D eigenvalue weighted by molar-refractivity contribution is 5.92. The number of hydrogen-bond donors (Lipinski definition) is 1. The average Bonchev–Trinajstić information content (AvgIpc) is 3.74.